The highest BCUT2D eigenvalue weighted by Crippen LogP contribution is 2.27. The first-order valence-corrected chi connectivity index (χ1v) is 12.2. The lowest BCUT2D eigenvalue weighted by Gasteiger charge is -2.15. The van der Waals surface area contributed by atoms with Gasteiger partial charge in [0.2, 0.25) is 0 Å². The quantitative estimate of drug-likeness (QED) is 0.519. The van der Waals surface area contributed by atoms with E-state index in [2.05, 4.69) is 58.0 Å². The monoisotopic (exact) mass is 385 g/mol. The van der Waals surface area contributed by atoms with Crippen LogP contribution >= 0.6 is 27.7 Å². The lowest BCUT2D eigenvalue weighted by atomic mass is 10.4. The molecular formula is C14H20BrN3OSSi. The summed E-state index contributed by atoms with van der Waals surface area (Å²) >= 11 is 5.08. The number of benzene rings is 1. The molecule has 1 aromatic heterocycles. The van der Waals surface area contributed by atoms with Crippen LogP contribution in [0.25, 0.3) is 0 Å². The Balaban J connectivity index is 1.88. The first kappa shape index (κ1) is 16.7. The van der Waals surface area contributed by atoms with Crippen molar-refractivity contribution in [3.8, 4) is 0 Å². The smallest absolute Gasteiger partial charge is 0.142 e. The SMILES string of the molecule is C[Si](C)(C)CCOCn1nncc1Sc1ccc(Br)cc1. The van der Waals surface area contributed by atoms with Crippen LogP contribution < -0.4 is 0 Å². The van der Waals surface area contributed by atoms with E-state index in [4.69, 9.17) is 4.74 Å². The van der Waals surface area contributed by atoms with Crippen molar-refractivity contribution in [1.29, 1.82) is 0 Å². The van der Waals surface area contributed by atoms with Crippen molar-refractivity contribution < 1.29 is 4.74 Å². The van der Waals surface area contributed by atoms with Gasteiger partial charge in [-0.05, 0) is 30.3 Å². The molecule has 0 radical (unpaired) electrons. The summed E-state index contributed by atoms with van der Waals surface area (Å²) < 4.78 is 8.61. The standard InChI is InChI=1S/C14H20BrN3OSSi/c1-21(2,3)9-8-19-11-18-14(10-16-17-18)20-13-6-4-12(15)5-7-13/h4-7,10H,8-9,11H2,1-3H3. The van der Waals surface area contributed by atoms with Crippen LogP contribution in [-0.2, 0) is 11.5 Å². The molecule has 0 aliphatic rings. The minimum absolute atomic E-state index is 0.462. The largest absolute Gasteiger partial charge is 0.359 e. The molecule has 0 amide bonds. The molecule has 7 heteroatoms. The van der Waals surface area contributed by atoms with Gasteiger partial charge in [0.25, 0.3) is 0 Å². The highest BCUT2D eigenvalue weighted by atomic mass is 79.9. The van der Waals surface area contributed by atoms with E-state index >= 15 is 0 Å². The van der Waals surface area contributed by atoms with E-state index in [9.17, 15) is 0 Å². The van der Waals surface area contributed by atoms with Gasteiger partial charge in [0.1, 0.15) is 11.8 Å². The third kappa shape index (κ3) is 5.94. The van der Waals surface area contributed by atoms with Crippen LogP contribution in [0.5, 0.6) is 0 Å². The van der Waals surface area contributed by atoms with Crippen LogP contribution in [0.15, 0.2) is 44.9 Å². The Morgan fingerprint density at radius 1 is 1.24 bits per heavy atom. The minimum Gasteiger partial charge on any atom is -0.359 e. The second kappa shape index (κ2) is 7.58. The summed E-state index contributed by atoms with van der Waals surface area (Å²) in [5.41, 5.74) is 0. The normalized spacial score (nSPS) is 11.8. The average Bonchev–Trinajstić information content (AvgIpc) is 2.84. The first-order valence-electron chi connectivity index (χ1n) is 6.84. The summed E-state index contributed by atoms with van der Waals surface area (Å²) in [6.45, 7) is 8.29. The summed E-state index contributed by atoms with van der Waals surface area (Å²) in [5.74, 6) is 0. The lowest BCUT2D eigenvalue weighted by molar-refractivity contribution is 0.0714. The van der Waals surface area contributed by atoms with Crippen molar-refractivity contribution >= 4 is 35.8 Å². The van der Waals surface area contributed by atoms with Crippen LogP contribution in [-0.4, -0.2) is 29.7 Å². The fourth-order valence-corrected chi connectivity index (χ4v) is 3.40. The van der Waals surface area contributed by atoms with Gasteiger partial charge in [0, 0.05) is 24.0 Å². The molecule has 0 aliphatic heterocycles. The zero-order valence-corrected chi connectivity index (χ0v) is 15.9. The lowest BCUT2D eigenvalue weighted by Crippen LogP contribution is -2.22. The number of ether oxygens (including phenoxy) is 1. The van der Waals surface area contributed by atoms with Gasteiger partial charge in [-0.15, -0.1) is 5.10 Å². The second-order valence-electron chi connectivity index (χ2n) is 5.98. The first-order chi connectivity index (χ1) is 9.94. The van der Waals surface area contributed by atoms with Crippen molar-refractivity contribution in [3.63, 3.8) is 0 Å². The van der Waals surface area contributed by atoms with Crippen molar-refractivity contribution in [2.45, 2.75) is 42.3 Å². The van der Waals surface area contributed by atoms with Crippen molar-refractivity contribution in [2.75, 3.05) is 6.61 Å². The predicted octanol–water partition coefficient (Wildman–Crippen LogP) is 4.50. The summed E-state index contributed by atoms with van der Waals surface area (Å²) in [6.07, 6.45) is 1.77. The molecule has 4 nitrogen and oxygen atoms in total. The molecule has 1 aromatic carbocycles. The Kier molecular flexibility index (Phi) is 6.04. The van der Waals surface area contributed by atoms with Gasteiger partial charge in [-0.2, -0.15) is 0 Å². The molecule has 21 heavy (non-hydrogen) atoms. The van der Waals surface area contributed by atoms with E-state index in [-0.39, 0.29) is 0 Å². The van der Waals surface area contributed by atoms with E-state index in [1.165, 1.54) is 0 Å². The van der Waals surface area contributed by atoms with Crippen LogP contribution in [0.4, 0.5) is 0 Å². The highest BCUT2D eigenvalue weighted by Gasteiger charge is 2.12. The Labute approximate surface area is 139 Å². The van der Waals surface area contributed by atoms with Crippen LogP contribution in [0, 0.1) is 0 Å². The Bertz CT molecular complexity index is 568. The zero-order valence-electron chi connectivity index (χ0n) is 12.5. The molecule has 2 aromatic rings. The average molecular weight is 386 g/mol. The molecule has 2 rings (SSSR count). The molecule has 0 fully saturated rings. The van der Waals surface area contributed by atoms with Crippen LogP contribution in [0.3, 0.4) is 0 Å². The van der Waals surface area contributed by atoms with Gasteiger partial charge in [0.05, 0.1) is 6.20 Å². The van der Waals surface area contributed by atoms with E-state index < -0.39 is 8.07 Å². The zero-order chi connectivity index (χ0) is 15.3. The van der Waals surface area contributed by atoms with Crippen molar-refractivity contribution in [2.24, 2.45) is 0 Å². The van der Waals surface area contributed by atoms with Gasteiger partial charge in [-0.1, -0.05) is 52.5 Å². The minimum atomic E-state index is -1.04. The molecule has 0 spiro atoms. The van der Waals surface area contributed by atoms with Gasteiger partial charge in [0.15, 0.2) is 0 Å². The number of nitrogens with zero attached hydrogens (tertiary/aromatic N) is 3. The van der Waals surface area contributed by atoms with E-state index in [1.807, 2.05) is 12.1 Å². The Hall–Kier alpha value is -0.633. The Morgan fingerprint density at radius 3 is 2.62 bits per heavy atom. The Morgan fingerprint density at radius 2 is 1.95 bits per heavy atom. The van der Waals surface area contributed by atoms with Gasteiger partial charge in [-0.3, -0.25) is 0 Å². The maximum Gasteiger partial charge on any atom is 0.142 e. The third-order valence-electron chi connectivity index (χ3n) is 2.83. The van der Waals surface area contributed by atoms with E-state index in [0.29, 0.717) is 6.73 Å². The fraction of sp³-hybridized carbons (Fsp3) is 0.429. The van der Waals surface area contributed by atoms with Crippen LogP contribution in [0.2, 0.25) is 25.7 Å². The summed E-state index contributed by atoms with van der Waals surface area (Å²) in [6, 6.07) is 9.36. The molecule has 0 saturated carbocycles. The molecule has 0 saturated heterocycles. The van der Waals surface area contributed by atoms with Gasteiger partial charge >= 0.3 is 0 Å². The maximum atomic E-state index is 5.73. The number of halogens is 1. The summed E-state index contributed by atoms with van der Waals surface area (Å²) in [5, 5.41) is 9.05. The molecule has 0 aliphatic carbocycles. The maximum absolute atomic E-state index is 5.73. The highest BCUT2D eigenvalue weighted by molar-refractivity contribution is 9.10. The fourth-order valence-electron chi connectivity index (χ4n) is 1.57. The van der Waals surface area contributed by atoms with Crippen LogP contribution in [0.1, 0.15) is 0 Å². The number of rotatable bonds is 7. The summed E-state index contributed by atoms with van der Waals surface area (Å²) in [4.78, 5) is 1.16. The van der Waals surface area contributed by atoms with Crippen molar-refractivity contribution in [1.82, 2.24) is 15.0 Å². The molecular weight excluding hydrogens is 366 g/mol. The summed E-state index contributed by atoms with van der Waals surface area (Å²) in [7, 11) is -1.04. The molecule has 0 unspecified atom stereocenters. The topological polar surface area (TPSA) is 39.9 Å². The van der Waals surface area contributed by atoms with Gasteiger partial charge < -0.3 is 4.74 Å². The molecule has 114 valence electrons. The van der Waals surface area contributed by atoms with E-state index in [1.54, 1.807) is 22.6 Å². The number of aromatic nitrogens is 3. The van der Waals surface area contributed by atoms with Crippen molar-refractivity contribution in [3.05, 3.63) is 34.9 Å². The number of hydrogen-bond donors (Lipinski definition) is 0. The molecule has 0 N–H and O–H groups in total. The molecule has 0 bridgehead atoms. The second-order valence-corrected chi connectivity index (χ2v) is 13.6. The van der Waals surface area contributed by atoms with E-state index in [0.717, 1.165) is 27.0 Å². The molecule has 0 atom stereocenters. The van der Waals surface area contributed by atoms with Gasteiger partial charge in [-0.25, -0.2) is 4.68 Å². The predicted molar refractivity (Wildman–Crippen MR) is 92.4 cm³/mol. The third-order valence-corrected chi connectivity index (χ3v) is 6.09. The number of hydrogen-bond acceptors (Lipinski definition) is 4. The molecule has 1 heterocycles.